The Bertz CT molecular complexity index is 1140. The molecular weight excluding hydrogens is 380 g/mol. The predicted molar refractivity (Wildman–Crippen MR) is 113 cm³/mol. The molecule has 0 aliphatic carbocycles. The highest BCUT2D eigenvalue weighted by atomic mass is 16.5. The topological polar surface area (TPSA) is 97.6 Å². The maximum Gasteiger partial charge on any atom is 0.214 e. The number of aromatic nitrogens is 7. The number of nitrogens with zero attached hydrogens (tertiary/aromatic N) is 7. The molecule has 5 rings (SSSR count). The van der Waals surface area contributed by atoms with Crippen LogP contribution in [0, 0.1) is 0 Å². The maximum absolute atomic E-state index is 5.76. The summed E-state index contributed by atoms with van der Waals surface area (Å²) in [5, 5.41) is 12.9. The highest BCUT2D eigenvalue weighted by molar-refractivity contribution is 5.93. The summed E-state index contributed by atoms with van der Waals surface area (Å²) in [5.41, 5.74) is 2.76. The summed E-state index contributed by atoms with van der Waals surface area (Å²) in [5.74, 6) is 1.54. The number of aromatic amines is 1. The third kappa shape index (κ3) is 3.58. The third-order valence-electron chi connectivity index (χ3n) is 5.33. The molecule has 30 heavy (non-hydrogen) atoms. The molecule has 1 aliphatic heterocycles. The van der Waals surface area contributed by atoms with Crippen LogP contribution in [0.5, 0.6) is 5.88 Å². The fraction of sp³-hybridized carbons (Fsp3) is 0.381. The van der Waals surface area contributed by atoms with Gasteiger partial charge in [-0.05, 0) is 38.8 Å². The Hall–Kier alpha value is -3.49. The van der Waals surface area contributed by atoms with Crippen LogP contribution in [0.1, 0.15) is 32.7 Å². The van der Waals surface area contributed by atoms with Crippen LogP contribution in [0.15, 0.2) is 43.2 Å². The van der Waals surface area contributed by atoms with Crippen LogP contribution in [-0.4, -0.2) is 54.1 Å². The lowest BCUT2D eigenvalue weighted by atomic mass is 10.1. The van der Waals surface area contributed by atoms with E-state index in [1.165, 1.54) is 0 Å². The zero-order chi connectivity index (χ0) is 20.5. The van der Waals surface area contributed by atoms with E-state index in [0.29, 0.717) is 11.9 Å². The number of hydrogen-bond donors (Lipinski definition) is 1. The number of anilines is 1. The number of hydrogen-bond acceptors (Lipinski definition) is 7. The third-order valence-corrected chi connectivity index (χ3v) is 5.33. The van der Waals surface area contributed by atoms with Crippen LogP contribution in [0.4, 0.5) is 5.82 Å². The van der Waals surface area contributed by atoms with E-state index in [9.17, 15) is 0 Å². The summed E-state index contributed by atoms with van der Waals surface area (Å²) in [7, 11) is 0. The van der Waals surface area contributed by atoms with Crippen molar-refractivity contribution in [1.82, 2.24) is 34.9 Å². The molecule has 4 aromatic heterocycles. The summed E-state index contributed by atoms with van der Waals surface area (Å²) in [6, 6.07) is 6.33. The lowest BCUT2D eigenvalue weighted by Gasteiger charge is -2.33. The molecular formula is C21H24N8O. The van der Waals surface area contributed by atoms with E-state index in [1.54, 1.807) is 18.9 Å². The van der Waals surface area contributed by atoms with Crippen molar-refractivity contribution < 1.29 is 4.74 Å². The van der Waals surface area contributed by atoms with E-state index < -0.39 is 0 Å². The van der Waals surface area contributed by atoms with Crippen molar-refractivity contribution in [2.24, 2.45) is 0 Å². The summed E-state index contributed by atoms with van der Waals surface area (Å²) in [6.45, 7) is 5.81. The molecule has 9 heteroatoms. The first-order valence-corrected chi connectivity index (χ1v) is 10.2. The Kier molecular flexibility index (Phi) is 4.78. The van der Waals surface area contributed by atoms with E-state index >= 15 is 0 Å². The van der Waals surface area contributed by atoms with Gasteiger partial charge in [0.2, 0.25) is 5.88 Å². The first kappa shape index (κ1) is 18.5. The monoisotopic (exact) mass is 404 g/mol. The minimum Gasteiger partial charge on any atom is -0.475 e. The average Bonchev–Trinajstić information content (AvgIpc) is 3.44. The predicted octanol–water partition coefficient (Wildman–Crippen LogP) is 3.24. The number of nitrogens with one attached hydrogen (secondary N) is 1. The molecule has 0 spiro atoms. The average molecular weight is 404 g/mol. The molecule has 1 atom stereocenters. The van der Waals surface area contributed by atoms with Gasteiger partial charge >= 0.3 is 0 Å². The number of rotatable bonds is 5. The zero-order valence-electron chi connectivity index (χ0n) is 17.1. The molecule has 5 heterocycles. The first-order chi connectivity index (χ1) is 14.7. The summed E-state index contributed by atoms with van der Waals surface area (Å²) >= 11 is 0. The van der Waals surface area contributed by atoms with Gasteiger partial charge in [-0.25, -0.2) is 19.6 Å². The van der Waals surface area contributed by atoms with Crippen molar-refractivity contribution in [2.75, 3.05) is 18.0 Å². The number of pyridine rings is 2. The van der Waals surface area contributed by atoms with Gasteiger partial charge in [0.15, 0.2) is 0 Å². The van der Waals surface area contributed by atoms with Crippen LogP contribution in [0.2, 0.25) is 0 Å². The Morgan fingerprint density at radius 3 is 3.00 bits per heavy atom. The van der Waals surface area contributed by atoms with E-state index in [2.05, 4.69) is 41.2 Å². The quantitative estimate of drug-likeness (QED) is 0.545. The molecule has 4 aromatic rings. The summed E-state index contributed by atoms with van der Waals surface area (Å²) in [4.78, 5) is 15.4. The van der Waals surface area contributed by atoms with Crippen molar-refractivity contribution >= 4 is 16.7 Å². The first-order valence-electron chi connectivity index (χ1n) is 10.2. The van der Waals surface area contributed by atoms with E-state index in [4.69, 9.17) is 4.74 Å². The smallest absolute Gasteiger partial charge is 0.214 e. The molecule has 1 saturated heterocycles. The standard InChI is InChI=1S/C21H24N8O/c1-14(2)30-20-9-17-18(10-24-20)26-27-21(17)15-5-6-23-19(8-15)28-7-3-4-16(11-28)29-13-22-12-25-29/h5-6,8-10,12-14,16H,3-4,7,11H2,1-2H3,(H,26,27). The van der Waals surface area contributed by atoms with Crippen molar-refractivity contribution in [2.45, 2.75) is 38.8 Å². The fourth-order valence-corrected chi connectivity index (χ4v) is 3.95. The lowest BCUT2D eigenvalue weighted by molar-refractivity contribution is 0.233. The van der Waals surface area contributed by atoms with Gasteiger partial charge < -0.3 is 9.64 Å². The van der Waals surface area contributed by atoms with Crippen LogP contribution in [0.25, 0.3) is 22.2 Å². The summed E-state index contributed by atoms with van der Waals surface area (Å²) in [6.07, 6.45) is 9.23. The molecule has 0 radical (unpaired) electrons. The van der Waals surface area contributed by atoms with Gasteiger partial charge in [-0.2, -0.15) is 10.2 Å². The molecule has 0 bridgehead atoms. The Balaban J connectivity index is 1.45. The lowest BCUT2D eigenvalue weighted by Crippen LogP contribution is -2.37. The molecule has 9 nitrogen and oxygen atoms in total. The fourth-order valence-electron chi connectivity index (χ4n) is 3.95. The highest BCUT2D eigenvalue weighted by Gasteiger charge is 2.23. The Morgan fingerprint density at radius 1 is 1.23 bits per heavy atom. The number of H-pyrrole nitrogens is 1. The maximum atomic E-state index is 5.76. The van der Waals surface area contributed by atoms with Gasteiger partial charge in [-0.3, -0.25) is 5.10 Å². The molecule has 1 fully saturated rings. The largest absolute Gasteiger partial charge is 0.475 e. The Labute approximate surface area is 174 Å². The van der Waals surface area contributed by atoms with Crippen molar-refractivity contribution in [3.63, 3.8) is 0 Å². The van der Waals surface area contributed by atoms with Crippen molar-refractivity contribution in [3.05, 3.63) is 43.2 Å². The van der Waals surface area contributed by atoms with Crippen LogP contribution in [-0.2, 0) is 0 Å². The van der Waals surface area contributed by atoms with Crippen LogP contribution >= 0.6 is 0 Å². The van der Waals surface area contributed by atoms with Gasteiger partial charge in [0.05, 0.1) is 23.9 Å². The van der Waals surface area contributed by atoms with E-state index in [0.717, 1.165) is 53.9 Å². The van der Waals surface area contributed by atoms with E-state index in [-0.39, 0.29) is 6.10 Å². The second-order valence-corrected chi connectivity index (χ2v) is 7.83. The molecule has 1 N–H and O–H groups in total. The van der Waals surface area contributed by atoms with Crippen LogP contribution < -0.4 is 9.64 Å². The zero-order valence-corrected chi connectivity index (χ0v) is 17.1. The molecule has 0 saturated carbocycles. The minimum atomic E-state index is 0.0647. The normalized spacial score (nSPS) is 17.0. The van der Waals surface area contributed by atoms with Gasteiger partial charge in [-0.1, -0.05) is 0 Å². The van der Waals surface area contributed by atoms with Gasteiger partial charge in [0, 0.05) is 36.3 Å². The second-order valence-electron chi connectivity index (χ2n) is 7.83. The molecule has 1 unspecified atom stereocenters. The summed E-state index contributed by atoms with van der Waals surface area (Å²) < 4.78 is 7.71. The molecule has 0 aromatic carbocycles. The van der Waals surface area contributed by atoms with E-state index in [1.807, 2.05) is 36.9 Å². The Morgan fingerprint density at radius 2 is 2.17 bits per heavy atom. The van der Waals surface area contributed by atoms with Gasteiger partial charge in [0.1, 0.15) is 24.2 Å². The minimum absolute atomic E-state index is 0.0647. The number of fused-ring (bicyclic) bond motifs is 1. The number of ether oxygens (including phenoxy) is 1. The second kappa shape index (κ2) is 7.74. The SMILES string of the molecule is CC(C)Oc1cc2c(-c3ccnc(N4CCCC(n5cncn5)C4)c3)n[nH]c2cn1. The number of piperidine rings is 1. The highest BCUT2D eigenvalue weighted by Crippen LogP contribution is 2.31. The van der Waals surface area contributed by atoms with Crippen molar-refractivity contribution in [3.8, 4) is 17.1 Å². The van der Waals surface area contributed by atoms with Crippen molar-refractivity contribution in [1.29, 1.82) is 0 Å². The van der Waals surface area contributed by atoms with Crippen LogP contribution in [0.3, 0.4) is 0 Å². The molecule has 1 aliphatic rings. The molecule has 154 valence electrons. The molecule has 0 amide bonds. The van der Waals surface area contributed by atoms with Gasteiger partial charge in [-0.15, -0.1) is 0 Å². The van der Waals surface area contributed by atoms with Gasteiger partial charge in [0.25, 0.3) is 0 Å².